The Morgan fingerprint density at radius 1 is 1.50 bits per heavy atom. The summed E-state index contributed by atoms with van der Waals surface area (Å²) in [5.74, 6) is 0.840. The minimum Gasteiger partial charge on any atom is -0.368 e. The molecule has 0 aromatic heterocycles. The van der Waals surface area contributed by atoms with Gasteiger partial charge in [-0.1, -0.05) is 20.8 Å². The monoisotopic (exact) mass is 144 g/mol. The number of rotatable bonds is 1. The van der Waals surface area contributed by atoms with Crippen molar-refractivity contribution in [3.63, 3.8) is 0 Å². The topological polar surface area (TPSA) is 29.5 Å². The third kappa shape index (κ3) is 1.50. The molecule has 2 nitrogen and oxygen atoms in total. The first-order chi connectivity index (χ1) is 4.61. The maximum Gasteiger partial charge on any atom is 0.157 e. The lowest BCUT2D eigenvalue weighted by Gasteiger charge is -2.13. The summed E-state index contributed by atoms with van der Waals surface area (Å²) in [6.07, 6.45) is 0.746. The summed E-state index contributed by atoms with van der Waals surface area (Å²) in [6.45, 7) is 6.26. The van der Waals surface area contributed by atoms with Crippen LogP contribution in [0.1, 0.15) is 27.2 Å². The van der Waals surface area contributed by atoms with E-state index in [0.717, 1.165) is 6.42 Å². The quantitative estimate of drug-likeness (QED) is 0.602. The van der Waals surface area contributed by atoms with Gasteiger partial charge in [-0.25, -0.2) is 0 Å². The van der Waals surface area contributed by atoms with Crippen molar-refractivity contribution in [3.8, 4) is 0 Å². The Kier molecular flexibility index (Phi) is 2.32. The lowest BCUT2D eigenvalue weighted by Crippen LogP contribution is -2.16. The van der Waals surface area contributed by atoms with E-state index in [1.54, 1.807) is 0 Å². The fourth-order valence-electron chi connectivity index (χ4n) is 1.28. The van der Waals surface area contributed by atoms with Crippen LogP contribution >= 0.6 is 0 Å². The van der Waals surface area contributed by atoms with Crippen molar-refractivity contribution in [2.45, 2.75) is 39.6 Å². The Bertz CT molecular complexity index is 102. The van der Waals surface area contributed by atoms with Crippen LogP contribution in [-0.4, -0.2) is 17.5 Å². The van der Waals surface area contributed by atoms with Gasteiger partial charge in [0, 0.05) is 5.92 Å². The van der Waals surface area contributed by atoms with Crippen molar-refractivity contribution in [3.05, 3.63) is 0 Å². The van der Waals surface area contributed by atoms with E-state index in [2.05, 4.69) is 13.8 Å². The standard InChI is InChI=1S/C8H16O2/c1-5(2)7-4-6(3)8(9)10-7/h5-9H,4H2,1-3H3. The lowest BCUT2D eigenvalue weighted by atomic mass is 9.99. The largest absolute Gasteiger partial charge is 0.368 e. The maximum atomic E-state index is 9.19. The fourth-order valence-corrected chi connectivity index (χ4v) is 1.28. The van der Waals surface area contributed by atoms with Gasteiger partial charge in [-0.3, -0.25) is 0 Å². The number of hydrogen-bond donors (Lipinski definition) is 1. The highest BCUT2D eigenvalue weighted by molar-refractivity contribution is 4.75. The zero-order valence-corrected chi connectivity index (χ0v) is 6.87. The maximum absolute atomic E-state index is 9.19. The molecule has 1 rings (SSSR count). The molecule has 1 aliphatic heterocycles. The first-order valence-corrected chi connectivity index (χ1v) is 3.94. The molecule has 0 aromatic rings. The number of hydrogen-bond acceptors (Lipinski definition) is 2. The van der Waals surface area contributed by atoms with Crippen LogP contribution in [-0.2, 0) is 4.74 Å². The average molecular weight is 144 g/mol. The number of ether oxygens (including phenoxy) is 1. The summed E-state index contributed by atoms with van der Waals surface area (Å²) in [5, 5.41) is 9.19. The molecule has 1 heterocycles. The minimum absolute atomic E-state index is 0.269. The zero-order valence-electron chi connectivity index (χ0n) is 6.87. The van der Waals surface area contributed by atoms with Crippen molar-refractivity contribution >= 4 is 0 Å². The summed E-state index contributed by atoms with van der Waals surface area (Å²) < 4.78 is 5.29. The van der Waals surface area contributed by atoms with Gasteiger partial charge in [-0.05, 0) is 12.3 Å². The summed E-state index contributed by atoms with van der Waals surface area (Å²) in [4.78, 5) is 0. The number of aliphatic hydroxyl groups excluding tert-OH is 1. The van der Waals surface area contributed by atoms with E-state index < -0.39 is 6.29 Å². The van der Waals surface area contributed by atoms with E-state index in [0.29, 0.717) is 11.8 Å². The van der Waals surface area contributed by atoms with Crippen molar-refractivity contribution in [1.82, 2.24) is 0 Å². The highest BCUT2D eigenvalue weighted by Crippen LogP contribution is 2.28. The van der Waals surface area contributed by atoms with E-state index in [1.165, 1.54) is 0 Å². The van der Waals surface area contributed by atoms with Crippen molar-refractivity contribution in [2.75, 3.05) is 0 Å². The Hall–Kier alpha value is -0.0800. The van der Waals surface area contributed by atoms with Gasteiger partial charge in [0.2, 0.25) is 0 Å². The first-order valence-electron chi connectivity index (χ1n) is 3.94. The second kappa shape index (κ2) is 2.89. The molecule has 0 amide bonds. The Labute approximate surface area is 62.2 Å². The van der Waals surface area contributed by atoms with Gasteiger partial charge < -0.3 is 9.84 Å². The molecular formula is C8H16O2. The first kappa shape index (κ1) is 8.02. The van der Waals surface area contributed by atoms with Crippen molar-refractivity contribution in [2.24, 2.45) is 11.8 Å². The van der Waals surface area contributed by atoms with Gasteiger partial charge in [0.1, 0.15) is 0 Å². The lowest BCUT2D eigenvalue weighted by molar-refractivity contribution is -0.114. The summed E-state index contributed by atoms with van der Waals surface area (Å²) in [5.41, 5.74) is 0. The predicted molar refractivity (Wildman–Crippen MR) is 39.5 cm³/mol. The molecule has 0 bridgehead atoms. The van der Waals surface area contributed by atoms with Gasteiger partial charge in [0.25, 0.3) is 0 Å². The van der Waals surface area contributed by atoms with Crippen LogP contribution in [0.25, 0.3) is 0 Å². The van der Waals surface area contributed by atoms with Crippen molar-refractivity contribution < 1.29 is 9.84 Å². The second-order valence-electron chi connectivity index (χ2n) is 3.52. The molecule has 0 aromatic carbocycles. The highest BCUT2D eigenvalue weighted by Gasteiger charge is 2.31. The van der Waals surface area contributed by atoms with E-state index in [4.69, 9.17) is 4.74 Å². The summed E-state index contributed by atoms with van der Waals surface area (Å²) in [7, 11) is 0. The third-order valence-corrected chi connectivity index (χ3v) is 2.15. The van der Waals surface area contributed by atoms with Gasteiger partial charge in [-0.2, -0.15) is 0 Å². The molecule has 1 N–H and O–H groups in total. The molecule has 1 saturated heterocycles. The molecule has 0 saturated carbocycles. The van der Waals surface area contributed by atoms with E-state index in [1.807, 2.05) is 6.92 Å². The van der Waals surface area contributed by atoms with Crippen LogP contribution < -0.4 is 0 Å². The predicted octanol–water partition coefficient (Wildman–Crippen LogP) is 1.39. The van der Waals surface area contributed by atoms with Crippen LogP contribution in [0.5, 0.6) is 0 Å². The molecule has 3 atom stereocenters. The third-order valence-electron chi connectivity index (χ3n) is 2.15. The number of aliphatic hydroxyl groups is 1. The molecule has 0 aliphatic carbocycles. The molecule has 2 heteroatoms. The van der Waals surface area contributed by atoms with Crippen molar-refractivity contribution in [1.29, 1.82) is 0 Å². The molecule has 3 unspecified atom stereocenters. The summed E-state index contributed by atoms with van der Waals surface area (Å²) in [6, 6.07) is 0. The highest BCUT2D eigenvalue weighted by atomic mass is 16.6. The molecule has 1 fully saturated rings. The van der Waals surface area contributed by atoms with E-state index >= 15 is 0 Å². The van der Waals surface area contributed by atoms with Crippen LogP contribution in [0.4, 0.5) is 0 Å². The van der Waals surface area contributed by atoms with Gasteiger partial charge in [0.15, 0.2) is 6.29 Å². The summed E-state index contributed by atoms with van der Waals surface area (Å²) >= 11 is 0. The van der Waals surface area contributed by atoms with Gasteiger partial charge in [0.05, 0.1) is 6.10 Å². The van der Waals surface area contributed by atoms with E-state index in [-0.39, 0.29) is 6.10 Å². The molecule has 10 heavy (non-hydrogen) atoms. The minimum atomic E-state index is -0.521. The van der Waals surface area contributed by atoms with Gasteiger partial charge >= 0.3 is 0 Å². The average Bonchev–Trinajstić information content (AvgIpc) is 2.13. The molecule has 60 valence electrons. The van der Waals surface area contributed by atoms with Crippen LogP contribution in [0, 0.1) is 11.8 Å². The Morgan fingerprint density at radius 2 is 2.10 bits per heavy atom. The molecule has 1 aliphatic rings. The van der Waals surface area contributed by atoms with Crippen LogP contribution in [0.2, 0.25) is 0 Å². The normalized spacial score (nSPS) is 41.1. The molecule has 0 spiro atoms. The molecule has 0 radical (unpaired) electrons. The second-order valence-corrected chi connectivity index (χ2v) is 3.52. The Balaban J connectivity index is 2.41. The van der Waals surface area contributed by atoms with Gasteiger partial charge in [-0.15, -0.1) is 0 Å². The Morgan fingerprint density at radius 3 is 2.30 bits per heavy atom. The van der Waals surface area contributed by atoms with Crippen LogP contribution in [0.15, 0.2) is 0 Å². The fraction of sp³-hybridized carbons (Fsp3) is 1.00. The van der Waals surface area contributed by atoms with E-state index in [9.17, 15) is 5.11 Å². The zero-order chi connectivity index (χ0) is 7.72. The SMILES string of the molecule is CC(C)C1CC(C)C(O)O1. The van der Waals surface area contributed by atoms with Crippen LogP contribution in [0.3, 0.4) is 0 Å². The smallest absolute Gasteiger partial charge is 0.157 e. The molecular weight excluding hydrogens is 128 g/mol.